The summed E-state index contributed by atoms with van der Waals surface area (Å²) in [5.74, 6) is -1.15. The SMILES string of the molecule is CCCCSc1c(Nc2ccc(C#N)cc2)c(Nc2ccc(C#N)cc2)c(F)c2c1C(=O)c1ccccc1C2=O. The maximum Gasteiger partial charge on any atom is 0.197 e. The van der Waals surface area contributed by atoms with Crippen molar-refractivity contribution in [3.05, 3.63) is 112 Å². The molecule has 0 aliphatic heterocycles. The average molecular weight is 547 g/mol. The van der Waals surface area contributed by atoms with Crippen LogP contribution in [-0.2, 0) is 0 Å². The van der Waals surface area contributed by atoms with Gasteiger partial charge in [0.15, 0.2) is 17.4 Å². The summed E-state index contributed by atoms with van der Waals surface area (Å²) >= 11 is 1.40. The van der Waals surface area contributed by atoms with Crippen LogP contribution in [0.3, 0.4) is 0 Å². The van der Waals surface area contributed by atoms with Gasteiger partial charge in [0.1, 0.15) is 5.69 Å². The third-order valence-corrected chi connectivity index (χ3v) is 7.76. The van der Waals surface area contributed by atoms with E-state index in [4.69, 9.17) is 0 Å². The Balaban J connectivity index is 1.76. The molecule has 1 aliphatic carbocycles. The van der Waals surface area contributed by atoms with Crippen LogP contribution in [0.5, 0.6) is 0 Å². The monoisotopic (exact) mass is 546 g/mol. The fourth-order valence-electron chi connectivity index (χ4n) is 4.52. The van der Waals surface area contributed by atoms with Gasteiger partial charge in [-0.05, 0) is 60.7 Å². The predicted octanol–water partition coefficient (Wildman–Crippen LogP) is 7.72. The van der Waals surface area contributed by atoms with Crippen LogP contribution in [-0.4, -0.2) is 17.3 Å². The van der Waals surface area contributed by atoms with Crippen molar-refractivity contribution in [2.24, 2.45) is 0 Å². The molecule has 196 valence electrons. The van der Waals surface area contributed by atoms with Crippen LogP contribution < -0.4 is 10.6 Å². The molecule has 40 heavy (non-hydrogen) atoms. The first-order valence-corrected chi connectivity index (χ1v) is 13.7. The van der Waals surface area contributed by atoms with Gasteiger partial charge in [0.05, 0.1) is 40.1 Å². The van der Waals surface area contributed by atoms with E-state index in [1.54, 1.807) is 72.8 Å². The zero-order valence-electron chi connectivity index (χ0n) is 21.5. The zero-order valence-corrected chi connectivity index (χ0v) is 22.4. The van der Waals surface area contributed by atoms with Crippen molar-refractivity contribution in [1.82, 2.24) is 0 Å². The number of hydrogen-bond donors (Lipinski definition) is 2. The summed E-state index contributed by atoms with van der Waals surface area (Å²) in [4.78, 5) is 28.0. The predicted molar refractivity (Wildman–Crippen MR) is 154 cm³/mol. The molecule has 0 spiro atoms. The number of ketones is 2. The number of benzene rings is 4. The van der Waals surface area contributed by atoms with Gasteiger partial charge in [-0.1, -0.05) is 37.6 Å². The molecule has 0 aromatic heterocycles. The third kappa shape index (κ3) is 4.93. The van der Waals surface area contributed by atoms with Crippen molar-refractivity contribution >= 4 is 46.1 Å². The Morgan fingerprint density at radius 2 is 1.25 bits per heavy atom. The number of hydrogen-bond acceptors (Lipinski definition) is 7. The van der Waals surface area contributed by atoms with Gasteiger partial charge < -0.3 is 10.6 Å². The van der Waals surface area contributed by atoms with Crippen molar-refractivity contribution < 1.29 is 14.0 Å². The maximum absolute atomic E-state index is 16.6. The maximum atomic E-state index is 16.6. The molecular formula is C32H23FN4O2S. The number of unbranched alkanes of at least 4 members (excludes halogenated alkanes) is 1. The van der Waals surface area contributed by atoms with E-state index in [-0.39, 0.29) is 27.9 Å². The summed E-state index contributed by atoms with van der Waals surface area (Å²) in [6.45, 7) is 2.05. The summed E-state index contributed by atoms with van der Waals surface area (Å²) in [5.41, 5.74) is 2.50. The highest BCUT2D eigenvalue weighted by molar-refractivity contribution is 7.99. The number of anilines is 4. The summed E-state index contributed by atoms with van der Waals surface area (Å²) < 4.78 is 16.6. The molecule has 4 aromatic carbocycles. The molecule has 0 bridgehead atoms. The molecule has 0 atom stereocenters. The summed E-state index contributed by atoms with van der Waals surface area (Å²) in [7, 11) is 0. The largest absolute Gasteiger partial charge is 0.353 e. The van der Waals surface area contributed by atoms with Crippen LogP contribution in [0.1, 0.15) is 62.7 Å². The summed E-state index contributed by atoms with van der Waals surface area (Å²) in [6.07, 6.45) is 1.77. The van der Waals surface area contributed by atoms with E-state index in [0.717, 1.165) is 12.8 Å². The van der Waals surface area contributed by atoms with E-state index in [1.165, 1.54) is 11.8 Å². The minimum Gasteiger partial charge on any atom is -0.353 e. The smallest absolute Gasteiger partial charge is 0.197 e. The van der Waals surface area contributed by atoms with Gasteiger partial charge in [0.25, 0.3) is 0 Å². The number of carbonyl (C=O) groups excluding carboxylic acids is 2. The second kappa shape index (κ2) is 11.4. The lowest BCUT2D eigenvalue weighted by atomic mass is 9.83. The molecule has 2 N–H and O–H groups in total. The first-order valence-electron chi connectivity index (χ1n) is 12.7. The van der Waals surface area contributed by atoms with Gasteiger partial charge in [-0.2, -0.15) is 10.5 Å². The Morgan fingerprint density at radius 3 is 1.75 bits per heavy atom. The highest BCUT2D eigenvalue weighted by Gasteiger charge is 2.38. The Kier molecular flexibility index (Phi) is 7.63. The number of nitrogens with one attached hydrogen (secondary N) is 2. The third-order valence-electron chi connectivity index (χ3n) is 6.57. The molecule has 6 nitrogen and oxygen atoms in total. The Labute approximate surface area is 235 Å². The molecular weight excluding hydrogens is 523 g/mol. The van der Waals surface area contributed by atoms with Gasteiger partial charge in [-0.25, -0.2) is 4.39 Å². The number of carbonyl (C=O) groups is 2. The van der Waals surface area contributed by atoms with Gasteiger partial charge >= 0.3 is 0 Å². The molecule has 8 heteroatoms. The number of nitrogens with zero attached hydrogens (tertiary/aromatic N) is 2. The standard InChI is InChI=1S/C32H23FN4O2S/c1-2-3-16-40-32-26-25(30(38)23-6-4-5-7-24(23)31(26)39)27(33)28(36-21-12-8-19(17-34)9-13-21)29(32)37-22-14-10-20(18-35)11-15-22/h4-15,36-37H,2-3,16H2,1H3. The molecule has 0 unspecified atom stereocenters. The van der Waals surface area contributed by atoms with Crippen LogP contribution in [0.25, 0.3) is 0 Å². The van der Waals surface area contributed by atoms with Crippen molar-refractivity contribution in [3.63, 3.8) is 0 Å². The highest BCUT2D eigenvalue weighted by atomic mass is 32.2. The summed E-state index contributed by atoms with van der Waals surface area (Å²) in [6, 6.07) is 23.8. The molecule has 1 aliphatic rings. The van der Waals surface area contributed by atoms with E-state index in [2.05, 4.69) is 29.7 Å². The topological polar surface area (TPSA) is 106 Å². The van der Waals surface area contributed by atoms with Crippen molar-refractivity contribution in [1.29, 1.82) is 10.5 Å². The summed E-state index contributed by atoms with van der Waals surface area (Å²) in [5, 5.41) is 24.8. The van der Waals surface area contributed by atoms with E-state index in [0.29, 0.717) is 38.8 Å². The molecule has 0 saturated carbocycles. The van der Waals surface area contributed by atoms with E-state index >= 15 is 4.39 Å². The lowest BCUT2D eigenvalue weighted by molar-refractivity contribution is 0.0973. The normalized spacial score (nSPS) is 11.7. The first-order chi connectivity index (χ1) is 19.5. The minimum atomic E-state index is -0.844. The number of fused-ring (bicyclic) bond motifs is 2. The molecule has 5 rings (SSSR count). The van der Waals surface area contributed by atoms with Gasteiger partial charge in [-0.15, -0.1) is 11.8 Å². The minimum absolute atomic E-state index is 0.00680. The Morgan fingerprint density at radius 1 is 0.750 bits per heavy atom. The molecule has 0 fully saturated rings. The lowest BCUT2D eigenvalue weighted by Gasteiger charge is -2.26. The van der Waals surface area contributed by atoms with Gasteiger partial charge in [0.2, 0.25) is 0 Å². The van der Waals surface area contributed by atoms with Crippen molar-refractivity contribution in [2.75, 3.05) is 16.4 Å². The molecule has 0 saturated heterocycles. The fraction of sp³-hybridized carbons (Fsp3) is 0.125. The average Bonchev–Trinajstić information content (AvgIpc) is 2.99. The van der Waals surface area contributed by atoms with Crippen molar-refractivity contribution in [2.45, 2.75) is 24.7 Å². The molecule has 0 amide bonds. The molecule has 0 heterocycles. The van der Waals surface area contributed by atoms with E-state index in [1.807, 2.05) is 0 Å². The van der Waals surface area contributed by atoms with Gasteiger partial charge in [-0.3, -0.25) is 9.59 Å². The second-order valence-corrected chi connectivity index (χ2v) is 10.3. The highest BCUT2D eigenvalue weighted by Crippen LogP contribution is 2.47. The van der Waals surface area contributed by atoms with Gasteiger partial charge in [0, 0.05) is 27.4 Å². The second-order valence-electron chi connectivity index (χ2n) is 9.18. The fourth-order valence-corrected chi connectivity index (χ4v) is 5.79. The van der Waals surface area contributed by atoms with Crippen LogP contribution in [0, 0.1) is 28.5 Å². The lowest BCUT2D eigenvalue weighted by Crippen LogP contribution is -2.25. The number of rotatable bonds is 8. The van der Waals surface area contributed by atoms with E-state index in [9.17, 15) is 20.1 Å². The zero-order chi connectivity index (χ0) is 28.2. The molecule has 4 aromatic rings. The van der Waals surface area contributed by atoms with Crippen LogP contribution in [0.15, 0.2) is 77.7 Å². The Hall–Kier alpha value is -4.92. The van der Waals surface area contributed by atoms with Crippen LogP contribution >= 0.6 is 11.8 Å². The number of halogens is 1. The quantitative estimate of drug-likeness (QED) is 0.152. The Bertz CT molecular complexity index is 1720. The number of nitriles is 2. The van der Waals surface area contributed by atoms with Crippen LogP contribution in [0.4, 0.5) is 27.1 Å². The first kappa shape index (κ1) is 26.7. The number of thioether (sulfide) groups is 1. The van der Waals surface area contributed by atoms with Crippen molar-refractivity contribution in [3.8, 4) is 12.1 Å². The van der Waals surface area contributed by atoms with E-state index < -0.39 is 17.4 Å². The molecule has 0 radical (unpaired) electrons. The van der Waals surface area contributed by atoms with Crippen LogP contribution in [0.2, 0.25) is 0 Å².